The summed E-state index contributed by atoms with van der Waals surface area (Å²) >= 11 is 0. The molecule has 290 valence electrons. The number of fused-ring (bicyclic) bond motifs is 9. The molecule has 0 aromatic heterocycles. The Morgan fingerprint density at radius 3 is 2.66 bits per heavy atom. The minimum atomic E-state index is -0.638. The second-order valence-electron chi connectivity index (χ2n) is 15.6. The summed E-state index contributed by atoms with van der Waals surface area (Å²) < 4.78 is 18.4. The molecule has 2 heterocycles. The van der Waals surface area contributed by atoms with Crippen molar-refractivity contribution in [3.63, 3.8) is 0 Å². The van der Waals surface area contributed by atoms with Gasteiger partial charge in [-0.15, -0.1) is 0 Å². The van der Waals surface area contributed by atoms with Crippen LogP contribution in [0.1, 0.15) is 91.2 Å². The molecule has 56 heavy (non-hydrogen) atoms. The molecule has 0 saturated carbocycles. The lowest BCUT2D eigenvalue weighted by Crippen LogP contribution is -2.36. The Labute approximate surface area is 330 Å². The highest BCUT2D eigenvalue weighted by Crippen LogP contribution is 2.46. The van der Waals surface area contributed by atoms with Crippen LogP contribution >= 0.6 is 0 Å². The third-order valence-corrected chi connectivity index (χ3v) is 11.8. The fourth-order valence-corrected chi connectivity index (χ4v) is 8.84. The van der Waals surface area contributed by atoms with E-state index in [0.717, 1.165) is 58.7 Å². The maximum Gasteiger partial charge on any atom is 0.161 e. The van der Waals surface area contributed by atoms with Gasteiger partial charge in [-0.25, -0.2) is 0 Å². The number of aryl methyl sites for hydroxylation is 2. The molecule has 4 aromatic carbocycles. The molecule has 4 aromatic rings. The predicted molar refractivity (Wildman–Crippen MR) is 221 cm³/mol. The number of carbonyl (C=O) groups is 1. The average molecular weight is 753 g/mol. The number of ketones is 1. The number of methoxy groups -OCH3 is 1. The van der Waals surface area contributed by atoms with Crippen molar-refractivity contribution < 1.29 is 34.3 Å². The Bertz CT molecular complexity index is 2200. The topological polar surface area (TPSA) is 105 Å². The maximum atomic E-state index is 13.8. The van der Waals surface area contributed by atoms with Gasteiger partial charge in [-0.2, -0.15) is 0 Å². The zero-order chi connectivity index (χ0) is 39.1. The maximum absolute atomic E-state index is 13.8. The first-order valence-electron chi connectivity index (χ1n) is 19.9. The molecular formula is C49H52O7. The highest BCUT2D eigenvalue weighted by Gasteiger charge is 2.40. The zero-order valence-corrected chi connectivity index (χ0v) is 32.4. The van der Waals surface area contributed by atoms with Gasteiger partial charge in [0, 0.05) is 42.8 Å². The second kappa shape index (κ2) is 17.6. The van der Waals surface area contributed by atoms with Crippen LogP contribution < -0.4 is 9.47 Å². The van der Waals surface area contributed by atoms with E-state index in [1.54, 1.807) is 13.2 Å². The number of ether oxygens (including phenoxy) is 3. The molecule has 0 spiro atoms. The van der Waals surface area contributed by atoms with E-state index in [1.165, 1.54) is 5.56 Å². The number of hydrogen-bond acceptors (Lipinski definition) is 7. The molecule has 4 aliphatic rings. The van der Waals surface area contributed by atoms with Gasteiger partial charge in [-0.3, -0.25) is 4.79 Å². The molecule has 6 bridgehead atoms. The summed E-state index contributed by atoms with van der Waals surface area (Å²) in [7, 11) is 1.62. The highest BCUT2D eigenvalue weighted by molar-refractivity contribution is 6.00. The molecule has 7 heteroatoms. The van der Waals surface area contributed by atoms with Crippen molar-refractivity contribution >= 4 is 22.6 Å². The molecule has 2 aliphatic heterocycles. The molecule has 3 N–H and O–H groups in total. The van der Waals surface area contributed by atoms with Gasteiger partial charge in [0.15, 0.2) is 11.5 Å². The van der Waals surface area contributed by atoms with E-state index in [4.69, 9.17) is 14.2 Å². The minimum Gasteiger partial charge on any atom is -0.508 e. The lowest BCUT2D eigenvalue weighted by atomic mass is 9.65. The summed E-state index contributed by atoms with van der Waals surface area (Å²) in [6.45, 7) is 2.36. The number of benzene rings is 4. The van der Waals surface area contributed by atoms with E-state index in [1.807, 2.05) is 48.5 Å². The molecule has 7 nitrogen and oxygen atoms in total. The summed E-state index contributed by atoms with van der Waals surface area (Å²) in [5.74, 6) is 4.90. The molecule has 0 fully saturated rings. The normalized spacial score (nSPS) is 21.9. The summed E-state index contributed by atoms with van der Waals surface area (Å²) in [4.78, 5) is 13.8. The van der Waals surface area contributed by atoms with Crippen molar-refractivity contribution in [2.24, 2.45) is 11.3 Å². The third kappa shape index (κ3) is 8.67. The van der Waals surface area contributed by atoms with Crippen molar-refractivity contribution in [3.05, 3.63) is 130 Å². The number of hydrogen-bond donors (Lipinski definition) is 3. The van der Waals surface area contributed by atoms with E-state index >= 15 is 0 Å². The number of aromatic hydroxyl groups is 1. The molecule has 0 unspecified atom stereocenters. The number of Topliss-reactive ketones (excluding diaryl/α,β-unsaturated/α-hetero) is 1. The third-order valence-electron chi connectivity index (χ3n) is 11.8. The molecule has 0 saturated heterocycles. The van der Waals surface area contributed by atoms with Crippen molar-refractivity contribution in [2.75, 3.05) is 13.7 Å². The van der Waals surface area contributed by atoms with Gasteiger partial charge in [-0.05, 0) is 113 Å². The van der Waals surface area contributed by atoms with Gasteiger partial charge in [0.25, 0.3) is 0 Å². The quantitative estimate of drug-likeness (QED) is 0.109. The Balaban J connectivity index is 1.21. The minimum absolute atomic E-state index is 0.0265. The first-order valence-corrected chi connectivity index (χ1v) is 19.9. The van der Waals surface area contributed by atoms with Gasteiger partial charge in [0.2, 0.25) is 0 Å². The van der Waals surface area contributed by atoms with Crippen LogP contribution in [0.15, 0.2) is 96.8 Å². The number of allylic oxidation sites excluding steroid dienone is 4. The SMILES string of the molecule is COc1ccc2cc1OCc1ccc3c(c(O)cc4c3c1C=C[C@@H]4C)CC#CO[C@@H](C[C@]1(CCO)C=C(O)C=C[C@@H]1CCCCc1ccccc1)CC(=O)CC2. The molecular weight excluding hydrogens is 701 g/mol. The fraction of sp³-hybridized carbons (Fsp3) is 0.367. The van der Waals surface area contributed by atoms with Gasteiger partial charge in [-0.1, -0.05) is 86.0 Å². The molecule has 2 aliphatic carbocycles. The first-order chi connectivity index (χ1) is 27.3. The molecule has 8 rings (SSSR count). The van der Waals surface area contributed by atoms with Gasteiger partial charge >= 0.3 is 0 Å². The van der Waals surface area contributed by atoms with E-state index in [2.05, 4.69) is 61.4 Å². The monoisotopic (exact) mass is 752 g/mol. The average Bonchev–Trinajstić information content (AvgIpc) is 3.19. The summed E-state index contributed by atoms with van der Waals surface area (Å²) in [6, 6.07) is 22.2. The lowest BCUT2D eigenvalue weighted by molar-refractivity contribution is -0.121. The van der Waals surface area contributed by atoms with E-state index in [0.29, 0.717) is 49.4 Å². The fourth-order valence-electron chi connectivity index (χ4n) is 8.84. The second-order valence-corrected chi connectivity index (χ2v) is 15.6. The number of aliphatic hydroxyl groups excluding tert-OH is 2. The van der Waals surface area contributed by atoms with Crippen molar-refractivity contribution in [2.45, 2.75) is 89.8 Å². The predicted octanol–water partition coefficient (Wildman–Crippen LogP) is 9.86. The zero-order valence-electron chi connectivity index (χ0n) is 32.4. The Kier molecular flexibility index (Phi) is 12.2. The number of aliphatic hydroxyl groups is 2. The van der Waals surface area contributed by atoms with Crippen molar-refractivity contribution in [1.29, 1.82) is 0 Å². The summed E-state index contributed by atoms with van der Waals surface area (Å²) in [5.41, 5.74) is 5.46. The van der Waals surface area contributed by atoms with E-state index in [9.17, 15) is 20.1 Å². The van der Waals surface area contributed by atoms with Crippen LogP contribution in [-0.4, -0.2) is 40.9 Å². The Morgan fingerprint density at radius 2 is 1.84 bits per heavy atom. The number of phenols is 1. The smallest absolute Gasteiger partial charge is 0.161 e. The van der Waals surface area contributed by atoms with Crippen LogP contribution in [0.25, 0.3) is 16.8 Å². The Hall–Kier alpha value is -5.45. The Morgan fingerprint density at radius 1 is 0.982 bits per heavy atom. The van der Waals surface area contributed by atoms with Gasteiger partial charge in [0.1, 0.15) is 36.1 Å². The van der Waals surface area contributed by atoms with Crippen LogP contribution in [0.5, 0.6) is 17.2 Å². The van der Waals surface area contributed by atoms with Crippen LogP contribution in [0.2, 0.25) is 0 Å². The van der Waals surface area contributed by atoms with Gasteiger partial charge in [0.05, 0.1) is 7.11 Å². The summed E-state index contributed by atoms with van der Waals surface area (Å²) in [5, 5.41) is 34.6. The van der Waals surface area contributed by atoms with Gasteiger partial charge < -0.3 is 29.5 Å². The molecule has 4 atom stereocenters. The number of rotatable bonds is 10. The number of phenolic OH excluding ortho intramolecular Hbond substituents is 1. The van der Waals surface area contributed by atoms with Crippen molar-refractivity contribution in [1.82, 2.24) is 0 Å². The number of unbranched alkanes of at least 4 members (excludes halogenated alkanes) is 1. The summed E-state index contributed by atoms with van der Waals surface area (Å²) in [6.07, 6.45) is 18.1. The van der Waals surface area contributed by atoms with E-state index in [-0.39, 0.29) is 48.6 Å². The lowest BCUT2D eigenvalue weighted by Gasteiger charge is -2.41. The molecule has 0 radical (unpaired) electrons. The van der Waals surface area contributed by atoms with Crippen molar-refractivity contribution in [3.8, 4) is 29.3 Å². The van der Waals surface area contributed by atoms with Crippen LogP contribution in [-0.2, 0) is 35.4 Å². The van der Waals surface area contributed by atoms with E-state index < -0.39 is 11.5 Å². The number of carbonyl (C=O) groups excluding carboxylic acids is 1. The highest BCUT2D eigenvalue weighted by atomic mass is 16.5. The van der Waals surface area contributed by atoms with Crippen LogP contribution in [0, 0.1) is 23.4 Å². The van der Waals surface area contributed by atoms with Crippen LogP contribution in [0.3, 0.4) is 0 Å². The molecule has 0 amide bonds. The first kappa shape index (κ1) is 38.8. The van der Waals surface area contributed by atoms with Crippen LogP contribution in [0.4, 0.5) is 0 Å². The largest absolute Gasteiger partial charge is 0.508 e. The standard InChI is InChI=1S/C49H52O7/c1-33-14-21-41-36-17-22-43-42(45(53)29-44(33)48(41)43)13-8-26-55-40(28-38(51)19-15-35-16-23-46(54-2)47(27-35)56-32-36)31-49(24-25-50)30-39(52)20-18-37(49)12-7-6-11-34-9-4-3-5-10-34/h3-5,9-10,14,16-18,20-23,27,29-30,33,37,40,50,52-53H,6-7,11-13,15,19,24-25,28,31-32H2,1-2H3/t33-,37-,40+,49-/m0/s1.